The second kappa shape index (κ2) is 9.22. The normalized spacial score (nSPS) is 14.3. The summed E-state index contributed by atoms with van der Waals surface area (Å²) in [6.07, 6.45) is 9.94. The van der Waals surface area contributed by atoms with Crippen molar-refractivity contribution >= 4 is 6.21 Å². The van der Waals surface area contributed by atoms with Gasteiger partial charge >= 0.3 is 0 Å². The molecule has 1 heteroatoms. The van der Waals surface area contributed by atoms with Crippen molar-refractivity contribution in [3.05, 3.63) is 83.0 Å². The van der Waals surface area contributed by atoms with E-state index in [0.717, 1.165) is 0 Å². The lowest BCUT2D eigenvalue weighted by Crippen LogP contribution is -2.10. The minimum atomic E-state index is 0.196. The van der Waals surface area contributed by atoms with Crippen molar-refractivity contribution in [1.29, 1.82) is 0 Å². The van der Waals surface area contributed by atoms with E-state index in [2.05, 4.69) is 89.5 Å². The highest BCUT2D eigenvalue weighted by molar-refractivity contribution is 5.74. The highest BCUT2D eigenvalue weighted by Gasteiger charge is 2.12. The molecule has 0 unspecified atom stereocenters. The molecule has 0 aliphatic rings. The zero-order valence-electron chi connectivity index (χ0n) is 16.1. The number of benzene rings is 1. The van der Waals surface area contributed by atoms with E-state index in [-0.39, 0.29) is 5.41 Å². The highest BCUT2D eigenvalue weighted by Crippen LogP contribution is 2.22. The van der Waals surface area contributed by atoms with Gasteiger partial charge in [0.15, 0.2) is 0 Å². The SMILES string of the molecule is C=C/C=C(C)/C(=C/C)C(/C)=C\C=NCc1ccc(C(C)(C)C)cc1. The Morgan fingerprint density at radius 2 is 1.62 bits per heavy atom. The molecule has 24 heavy (non-hydrogen) atoms. The monoisotopic (exact) mass is 321 g/mol. The summed E-state index contributed by atoms with van der Waals surface area (Å²) in [7, 11) is 0. The number of hydrogen-bond donors (Lipinski definition) is 0. The number of nitrogens with zero attached hydrogens (tertiary/aromatic N) is 1. The van der Waals surface area contributed by atoms with Crippen molar-refractivity contribution in [3.63, 3.8) is 0 Å². The van der Waals surface area contributed by atoms with Crippen molar-refractivity contribution < 1.29 is 0 Å². The Morgan fingerprint density at radius 3 is 2.12 bits per heavy atom. The molecule has 0 N–H and O–H groups in total. The predicted molar refractivity (Wildman–Crippen MR) is 109 cm³/mol. The maximum absolute atomic E-state index is 4.53. The summed E-state index contributed by atoms with van der Waals surface area (Å²) in [5.74, 6) is 0. The van der Waals surface area contributed by atoms with Crippen LogP contribution in [0.1, 0.15) is 52.7 Å². The highest BCUT2D eigenvalue weighted by atomic mass is 14.7. The van der Waals surface area contributed by atoms with Crippen molar-refractivity contribution in [2.45, 2.75) is 53.5 Å². The summed E-state index contributed by atoms with van der Waals surface area (Å²) in [4.78, 5) is 4.53. The molecule has 1 nitrogen and oxygen atoms in total. The molecule has 0 spiro atoms. The third kappa shape index (κ3) is 6.16. The molecule has 0 saturated carbocycles. The fourth-order valence-corrected chi connectivity index (χ4v) is 2.56. The van der Waals surface area contributed by atoms with Crippen LogP contribution in [-0.4, -0.2) is 6.21 Å². The summed E-state index contributed by atoms with van der Waals surface area (Å²) in [6.45, 7) is 17.4. The van der Waals surface area contributed by atoms with Gasteiger partial charge in [-0.3, -0.25) is 4.99 Å². The van der Waals surface area contributed by atoms with Crippen LogP contribution in [-0.2, 0) is 12.0 Å². The molecular formula is C23H31N. The molecule has 0 amide bonds. The van der Waals surface area contributed by atoms with Gasteiger partial charge in [0.2, 0.25) is 0 Å². The maximum atomic E-state index is 4.53. The summed E-state index contributed by atoms with van der Waals surface area (Å²) < 4.78 is 0. The predicted octanol–water partition coefficient (Wildman–Crippen LogP) is 6.58. The maximum Gasteiger partial charge on any atom is 0.0639 e. The molecule has 0 aromatic heterocycles. The van der Waals surface area contributed by atoms with Gasteiger partial charge in [-0.25, -0.2) is 0 Å². The van der Waals surface area contributed by atoms with E-state index in [0.29, 0.717) is 6.54 Å². The summed E-state index contributed by atoms with van der Waals surface area (Å²) in [6, 6.07) is 8.74. The van der Waals surface area contributed by atoms with E-state index in [1.54, 1.807) is 0 Å². The Labute approximate surface area is 148 Å². The van der Waals surface area contributed by atoms with Crippen LogP contribution in [0.25, 0.3) is 0 Å². The third-order valence-corrected chi connectivity index (χ3v) is 4.03. The lowest BCUT2D eigenvalue weighted by Gasteiger charge is -2.18. The molecule has 1 rings (SSSR count). The smallest absolute Gasteiger partial charge is 0.0639 e. The Balaban J connectivity index is 2.73. The first-order valence-electron chi connectivity index (χ1n) is 8.52. The zero-order chi connectivity index (χ0) is 18.2. The first kappa shape index (κ1) is 19.9. The van der Waals surface area contributed by atoms with Gasteiger partial charge in [-0.1, -0.05) is 69.8 Å². The zero-order valence-corrected chi connectivity index (χ0v) is 16.1. The lowest BCUT2D eigenvalue weighted by molar-refractivity contribution is 0.590. The quantitative estimate of drug-likeness (QED) is 0.414. The molecule has 0 radical (unpaired) electrons. The standard InChI is InChI=1S/C23H31N/c1-8-10-18(3)22(9-2)19(4)15-16-24-17-20-11-13-21(14-12-20)23(5,6)7/h8-16H,1,17H2,2-7H3/b18-10+,19-15-,22-9-,24-16?. The van der Waals surface area contributed by atoms with Crippen LogP contribution < -0.4 is 0 Å². The van der Waals surface area contributed by atoms with E-state index in [1.165, 1.54) is 27.8 Å². The van der Waals surface area contributed by atoms with Crippen LogP contribution in [0.4, 0.5) is 0 Å². The fourth-order valence-electron chi connectivity index (χ4n) is 2.56. The molecule has 0 aliphatic heterocycles. The number of hydrogen-bond acceptors (Lipinski definition) is 1. The van der Waals surface area contributed by atoms with Crippen LogP contribution in [0.2, 0.25) is 0 Å². The van der Waals surface area contributed by atoms with Crippen molar-refractivity contribution in [2.24, 2.45) is 4.99 Å². The van der Waals surface area contributed by atoms with E-state index in [9.17, 15) is 0 Å². The topological polar surface area (TPSA) is 12.4 Å². The summed E-state index contributed by atoms with van der Waals surface area (Å²) in [5.41, 5.74) is 6.44. The minimum Gasteiger partial charge on any atom is -0.288 e. The van der Waals surface area contributed by atoms with Gasteiger partial charge in [-0.05, 0) is 60.1 Å². The molecule has 1 aromatic rings. The first-order valence-corrected chi connectivity index (χ1v) is 8.52. The average Bonchev–Trinajstić information content (AvgIpc) is 2.52. The molecule has 0 atom stereocenters. The van der Waals surface area contributed by atoms with Crippen LogP contribution in [0.15, 0.2) is 76.9 Å². The van der Waals surface area contributed by atoms with Gasteiger partial charge in [0, 0.05) is 6.21 Å². The van der Waals surface area contributed by atoms with Crippen LogP contribution in [0.3, 0.4) is 0 Å². The first-order chi connectivity index (χ1) is 11.3. The van der Waals surface area contributed by atoms with E-state index >= 15 is 0 Å². The molecule has 128 valence electrons. The number of allylic oxidation sites excluding steroid dienone is 7. The van der Waals surface area contributed by atoms with Crippen molar-refractivity contribution in [2.75, 3.05) is 0 Å². The summed E-state index contributed by atoms with van der Waals surface area (Å²) >= 11 is 0. The number of rotatable bonds is 6. The number of aliphatic imine (C=N–C) groups is 1. The Bertz CT molecular complexity index is 659. The Hall–Kier alpha value is -2.15. The van der Waals surface area contributed by atoms with Crippen LogP contribution in [0, 0.1) is 0 Å². The molecular weight excluding hydrogens is 290 g/mol. The second-order valence-corrected chi connectivity index (χ2v) is 7.07. The lowest BCUT2D eigenvalue weighted by atomic mass is 9.87. The Kier molecular flexibility index (Phi) is 7.64. The third-order valence-electron chi connectivity index (χ3n) is 4.03. The van der Waals surface area contributed by atoms with E-state index < -0.39 is 0 Å². The molecule has 0 saturated heterocycles. The molecule has 1 aromatic carbocycles. The molecule has 0 fully saturated rings. The van der Waals surface area contributed by atoms with Crippen LogP contribution in [0.5, 0.6) is 0 Å². The van der Waals surface area contributed by atoms with Gasteiger partial charge < -0.3 is 0 Å². The molecule has 0 bridgehead atoms. The van der Waals surface area contributed by atoms with E-state index in [4.69, 9.17) is 0 Å². The minimum absolute atomic E-state index is 0.196. The van der Waals surface area contributed by atoms with Crippen LogP contribution >= 0.6 is 0 Å². The van der Waals surface area contributed by atoms with Gasteiger partial charge in [-0.2, -0.15) is 0 Å². The van der Waals surface area contributed by atoms with Crippen molar-refractivity contribution in [1.82, 2.24) is 0 Å². The van der Waals surface area contributed by atoms with Gasteiger partial charge in [0.25, 0.3) is 0 Å². The fraction of sp³-hybridized carbons (Fsp3) is 0.348. The average molecular weight is 322 g/mol. The van der Waals surface area contributed by atoms with Gasteiger partial charge in [0.05, 0.1) is 6.54 Å². The summed E-state index contributed by atoms with van der Waals surface area (Å²) in [5, 5.41) is 0. The van der Waals surface area contributed by atoms with Gasteiger partial charge in [0.1, 0.15) is 0 Å². The molecule has 0 aliphatic carbocycles. The molecule has 0 heterocycles. The van der Waals surface area contributed by atoms with Gasteiger partial charge in [-0.15, -0.1) is 0 Å². The second-order valence-electron chi connectivity index (χ2n) is 7.07. The largest absolute Gasteiger partial charge is 0.288 e. The Morgan fingerprint density at radius 1 is 1.04 bits per heavy atom. The van der Waals surface area contributed by atoms with Crippen molar-refractivity contribution in [3.8, 4) is 0 Å². The van der Waals surface area contributed by atoms with E-state index in [1.807, 2.05) is 18.4 Å².